The summed E-state index contributed by atoms with van der Waals surface area (Å²) in [6, 6.07) is 14.9. The number of carbonyl (C=O) groups is 1. The third-order valence-electron chi connectivity index (χ3n) is 4.77. The SMILES string of the molecule is Cc1noc(C)c1-c1ccc2c(c1)C(O)(c1ccccc1)C(=O)C2. The Kier molecular flexibility index (Phi) is 3.18. The smallest absolute Gasteiger partial charge is 0.177 e. The number of hydrogen-bond donors (Lipinski definition) is 1. The highest BCUT2D eigenvalue weighted by Gasteiger charge is 2.46. The first-order valence-corrected chi connectivity index (χ1v) is 7.89. The van der Waals surface area contributed by atoms with Crippen molar-refractivity contribution in [2.24, 2.45) is 0 Å². The molecule has 1 N–H and O–H groups in total. The molecule has 0 radical (unpaired) electrons. The van der Waals surface area contributed by atoms with E-state index in [0.717, 1.165) is 28.1 Å². The number of nitrogens with zero attached hydrogens (tertiary/aromatic N) is 1. The van der Waals surface area contributed by atoms with Gasteiger partial charge in [-0.3, -0.25) is 4.79 Å². The van der Waals surface area contributed by atoms with E-state index < -0.39 is 5.60 Å². The summed E-state index contributed by atoms with van der Waals surface area (Å²) in [5.74, 6) is 0.527. The Labute approximate surface area is 139 Å². The molecule has 4 heteroatoms. The highest BCUT2D eigenvalue weighted by atomic mass is 16.5. The molecule has 0 fully saturated rings. The molecule has 0 saturated heterocycles. The summed E-state index contributed by atoms with van der Waals surface area (Å²) in [5, 5.41) is 15.2. The zero-order valence-electron chi connectivity index (χ0n) is 13.5. The monoisotopic (exact) mass is 319 g/mol. The third kappa shape index (κ3) is 1.96. The van der Waals surface area contributed by atoms with Crippen molar-refractivity contribution in [1.29, 1.82) is 0 Å². The lowest BCUT2D eigenvalue weighted by Crippen LogP contribution is -2.33. The molecule has 0 aliphatic heterocycles. The van der Waals surface area contributed by atoms with Crippen LogP contribution in [0.5, 0.6) is 0 Å². The van der Waals surface area contributed by atoms with E-state index in [1.54, 1.807) is 12.1 Å². The average Bonchev–Trinajstić information content (AvgIpc) is 3.06. The van der Waals surface area contributed by atoms with E-state index in [1.807, 2.05) is 50.2 Å². The number of aromatic nitrogens is 1. The largest absolute Gasteiger partial charge is 0.373 e. The summed E-state index contributed by atoms with van der Waals surface area (Å²) in [7, 11) is 0. The van der Waals surface area contributed by atoms with E-state index >= 15 is 0 Å². The fourth-order valence-electron chi connectivity index (χ4n) is 3.56. The lowest BCUT2D eigenvalue weighted by Gasteiger charge is -2.23. The first kappa shape index (κ1) is 14.8. The van der Waals surface area contributed by atoms with Crippen molar-refractivity contribution in [2.45, 2.75) is 25.9 Å². The van der Waals surface area contributed by atoms with Crippen molar-refractivity contribution < 1.29 is 14.4 Å². The highest BCUT2D eigenvalue weighted by Crippen LogP contribution is 2.42. The van der Waals surface area contributed by atoms with Gasteiger partial charge in [0.2, 0.25) is 0 Å². The molecule has 120 valence electrons. The standard InChI is InChI=1S/C20H17NO3/c1-12-19(13(2)24-21-12)15-9-8-14-11-18(22)20(23,17(14)10-15)16-6-4-3-5-7-16/h3-10,23H,11H2,1-2H3. The predicted octanol–water partition coefficient (Wildman–Crippen LogP) is 3.32. The molecule has 0 amide bonds. The third-order valence-corrected chi connectivity index (χ3v) is 4.77. The van der Waals surface area contributed by atoms with Crippen molar-refractivity contribution >= 4 is 5.78 Å². The molecule has 0 bridgehead atoms. The molecular formula is C20H17NO3. The topological polar surface area (TPSA) is 63.3 Å². The number of aryl methyl sites for hydroxylation is 2. The Balaban J connectivity index is 1.93. The molecule has 3 aromatic rings. The van der Waals surface area contributed by atoms with E-state index in [1.165, 1.54) is 0 Å². The van der Waals surface area contributed by atoms with Crippen molar-refractivity contribution in [3.8, 4) is 11.1 Å². The van der Waals surface area contributed by atoms with Gasteiger partial charge in [0, 0.05) is 12.0 Å². The van der Waals surface area contributed by atoms with Crippen molar-refractivity contribution in [1.82, 2.24) is 5.16 Å². The second kappa shape index (κ2) is 5.14. The quantitative estimate of drug-likeness (QED) is 0.787. The van der Waals surface area contributed by atoms with Gasteiger partial charge >= 0.3 is 0 Å². The van der Waals surface area contributed by atoms with Gasteiger partial charge < -0.3 is 9.63 Å². The Morgan fingerprint density at radius 2 is 1.88 bits per heavy atom. The average molecular weight is 319 g/mol. The van der Waals surface area contributed by atoms with E-state index in [2.05, 4.69) is 5.16 Å². The van der Waals surface area contributed by atoms with Gasteiger partial charge in [0.25, 0.3) is 0 Å². The van der Waals surface area contributed by atoms with Crippen LogP contribution in [0, 0.1) is 13.8 Å². The molecule has 1 aliphatic rings. The molecule has 4 rings (SSSR count). The van der Waals surface area contributed by atoms with E-state index in [-0.39, 0.29) is 12.2 Å². The van der Waals surface area contributed by atoms with Crippen LogP contribution >= 0.6 is 0 Å². The maximum absolute atomic E-state index is 12.6. The van der Waals surface area contributed by atoms with Crippen LogP contribution in [0.3, 0.4) is 0 Å². The number of Topliss-reactive ketones (excluding diaryl/α,β-unsaturated/α-hetero) is 1. The molecule has 0 saturated carbocycles. The van der Waals surface area contributed by atoms with Gasteiger partial charge in [-0.05, 0) is 42.2 Å². The van der Waals surface area contributed by atoms with Crippen LogP contribution in [0.1, 0.15) is 28.1 Å². The summed E-state index contributed by atoms with van der Waals surface area (Å²) in [4.78, 5) is 12.6. The van der Waals surface area contributed by atoms with Crippen LogP contribution in [0.25, 0.3) is 11.1 Å². The van der Waals surface area contributed by atoms with Crippen molar-refractivity contribution in [2.75, 3.05) is 0 Å². The summed E-state index contributed by atoms with van der Waals surface area (Å²) < 4.78 is 5.25. The lowest BCUT2D eigenvalue weighted by molar-refractivity contribution is -0.131. The van der Waals surface area contributed by atoms with Gasteiger partial charge in [-0.15, -0.1) is 0 Å². The van der Waals surface area contributed by atoms with E-state index in [9.17, 15) is 9.90 Å². The van der Waals surface area contributed by atoms with Crippen LogP contribution in [-0.4, -0.2) is 16.0 Å². The molecule has 1 aliphatic carbocycles. The minimum atomic E-state index is -1.59. The highest BCUT2D eigenvalue weighted by molar-refractivity contribution is 5.98. The molecular weight excluding hydrogens is 302 g/mol. The summed E-state index contributed by atoms with van der Waals surface area (Å²) in [6.45, 7) is 3.74. The molecule has 1 heterocycles. The predicted molar refractivity (Wildman–Crippen MR) is 89.6 cm³/mol. The van der Waals surface area contributed by atoms with Crippen LogP contribution in [0.2, 0.25) is 0 Å². The van der Waals surface area contributed by atoms with Crippen molar-refractivity contribution in [3.63, 3.8) is 0 Å². The second-order valence-corrected chi connectivity index (χ2v) is 6.25. The van der Waals surface area contributed by atoms with Gasteiger partial charge in [-0.1, -0.05) is 47.6 Å². The number of rotatable bonds is 2. The van der Waals surface area contributed by atoms with Gasteiger partial charge in [0.15, 0.2) is 11.4 Å². The Morgan fingerprint density at radius 1 is 1.12 bits per heavy atom. The van der Waals surface area contributed by atoms with Gasteiger partial charge in [0.1, 0.15) is 5.76 Å². The molecule has 24 heavy (non-hydrogen) atoms. The normalized spacial score (nSPS) is 19.5. The number of benzene rings is 2. The molecule has 1 unspecified atom stereocenters. The molecule has 4 nitrogen and oxygen atoms in total. The van der Waals surface area contributed by atoms with Crippen LogP contribution in [0.4, 0.5) is 0 Å². The molecule has 2 aromatic carbocycles. The van der Waals surface area contributed by atoms with Gasteiger partial charge in [-0.25, -0.2) is 0 Å². The zero-order chi connectivity index (χ0) is 16.9. The second-order valence-electron chi connectivity index (χ2n) is 6.25. The molecule has 0 spiro atoms. The molecule has 1 aromatic heterocycles. The number of fused-ring (bicyclic) bond motifs is 1. The Morgan fingerprint density at radius 3 is 2.54 bits per heavy atom. The Hall–Kier alpha value is -2.72. The maximum Gasteiger partial charge on any atom is 0.177 e. The first-order chi connectivity index (χ1) is 11.5. The van der Waals surface area contributed by atoms with Gasteiger partial charge in [-0.2, -0.15) is 0 Å². The van der Waals surface area contributed by atoms with Crippen molar-refractivity contribution in [3.05, 3.63) is 76.7 Å². The minimum Gasteiger partial charge on any atom is -0.373 e. The zero-order valence-corrected chi connectivity index (χ0v) is 13.5. The summed E-state index contributed by atoms with van der Waals surface area (Å²) >= 11 is 0. The molecule has 1 atom stereocenters. The number of carbonyl (C=O) groups excluding carboxylic acids is 1. The summed E-state index contributed by atoms with van der Waals surface area (Å²) in [6.07, 6.45) is 0.239. The number of ketones is 1. The van der Waals surface area contributed by atoms with Crippen LogP contribution < -0.4 is 0 Å². The fourth-order valence-corrected chi connectivity index (χ4v) is 3.56. The van der Waals surface area contributed by atoms with Crippen LogP contribution in [-0.2, 0) is 16.8 Å². The minimum absolute atomic E-state index is 0.195. The van der Waals surface area contributed by atoms with Gasteiger partial charge in [0.05, 0.1) is 5.69 Å². The van der Waals surface area contributed by atoms with Crippen LogP contribution in [0.15, 0.2) is 53.1 Å². The number of aliphatic hydroxyl groups is 1. The van der Waals surface area contributed by atoms with E-state index in [0.29, 0.717) is 11.1 Å². The first-order valence-electron chi connectivity index (χ1n) is 7.89. The Bertz CT molecular complexity index is 923. The van der Waals surface area contributed by atoms with E-state index in [4.69, 9.17) is 4.52 Å². The summed E-state index contributed by atoms with van der Waals surface area (Å²) in [5.41, 5.74) is 3.12. The maximum atomic E-state index is 12.6. The number of hydrogen-bond acceptors (Lipinski definition) is 4. The lowest BCUT2D eigenvalue weighted by atomic mass is 9.86. The fraction of sp³-hybridized carbons (Fsp3) is 0.200.